The van der Waals surface area contributed by atoms with E-state index in [4.69, 9.17) is 14.4 Å². The van der Waals surface area contributed by atoms with Crippen molar-refractivity contribution in [1.82, 2.24) is 14.9 Å². The maximum atomic E-state index is 12.5. The van der Waals surface area contributed by atoms with E-state index in [2.05, 4.69) is 46.1 Å². The van der Waals surface area contributed by atoms with Gasteiger partial charge in [-0.15, -0.1) is 6.58 Å². The molecule has 0 saturated carbocycles. The minimum absolute atomic E-state index is 0.0379. The molecule has 0 bridgehead atoms. The number of hydrogen-bond donors (Lipinski definition) is 5. The molecule has 1 amide bonds. The average molecular weight is 677 g/mol. The number of carbonyl (C=O) groups excluding carboxylic acids is 1. The molecule has 1 fully saturated rings. The Labute approximate surface area is 242 Å². The Hall–Kier alpha value is -2.75. The molecule has 1 aromatic rings. The lowest BCUT2D eigenvalue weighted by atomic mass is 10.2. The van der Waals surface area contributed by atoms with Gasteiger partial charge < -0.3 is 34.2 Å². The van der Waals surface area contributed by atoms with E-state index in [0.29, 0.717) is 7.11 Å². The summed E-state index contributed by atoms with van der Waals surface area (Å²) in [5, 5.41) is 2.24. The van der Waals surface area contributed by atoms with Gasteiger partial charge in [0.15, 0.2) is 0 Å². The second-order valence-corrected chi connectivity index (χ2v) is 12.6. The number of amides is 1. The monoisotopic (exact) mass is 677 g/mol. The van der Waals surface area contributed by atoms with Gasteiger partial charge in [-0.2, -0.15) is 8.62 Å². The molecular weight excluding hydrogens is 650 g/mol. The molecule has 0 spiro atoms. The summed E-state index contributed by atoms with van der Waals surface area (Å²) in [4.78, 5) is 66.7. The highest BCUT2D eigenvalue weighted by atomic mass is 31.3. The zero-order chi connectivity index (χ0) is 32.3. The molecule has 5 N–H and O–H groups in total. The second-order valence-electron chi connectivity index (χ2n) is 7.90. The summed E-state index contributed by atoms with van der Waals surface area (Å²) in [5.41, 5.74) is -2.00. The summed E-state index contributed by atoms with van der Waals surface area (Å²) in [6.07, 6.45) is -0.718. The van der Waals surface area contributed by atoms with Crippen molar-refractivity contribution >= 4 is 29.6 Å². The number of nitrogens with zero attached hydrogens (tertiary/aromatic N) is 1. The molecule has 1 aromatic heterocycles. The van der Waals surface area contributed by atoms with Crippen LogP contribution < -0.4 is 16.6 Å². The fourth-order valence-corrected chi connectivity index (χ4v) is 6.41. The van der Waals surface area contributed by atoms with Crippen molar-refractivity contribution in [1.29, 1.82) is 0 Å². The number of halogens is 1. The third-order valence-corrected chi connectivity index (χ3v) is 9.11. The van der Waals surface area contributed by atoms with Gasteiger partial charge in [0.2, 0.25) is 0 Å². The number of alkyl carbamates (subject to hydrolysis) is 1. The third kappa shape index (κ3) is 12.4. The van der Waals surface area contributed by atoms with Gasteiger partial charge >= 0.3 is 35.3 Å². The Bertz CT molecular complexity index is 1500. The molecule has 2 rings (SSSR count). The SMILES string of the molecule is C=CCO[C@@H]1C[C@H](n2cc(C#CCNC(=O)OC/C=C\F)c(=O)[nH]c2=O)O[C@@H]1COP(=O)(O)OP(=O)(O)OP(=O)(O)OC. The fourth-order valence-electron chi connectivity index (χ4n) is 3.14. The molecule has 0 aromatic carbocycles. The highest BCUT2D eigenvalue weighted by molar-refractivity contribution is 7.66. The first kappa shape index (κ1) is 36.4. The standard InChI is InChI=1S/C20H27FN3O16P3/c1-3-9-35-15-11-17(38-16(15)13-37-42(30,31)40-43(32,33)39-41(28,29)34-2)24-12-14(18(25)23-19(24)26)6-4-8-22-20(27)36-10-5-7-21/h3,5,7,12,15-17H,1,8-11,13H2,2H3,(H,22,27)(H,28,29)(H,30,31)(H,32,33)(H,23,25,26)/b7-5-/t15-,16-,17-/m1/s1. The number of aromatic amines is 1. The molecule has 23 heteroatoms. The van der Waals surface area contributed by atoms with Crippen LogP contribution in [0.2, 0.25) is 0 Å². The van der Waals surface area contributed by atoms with Crippen LogP contribution in [0.4, 0.5) is 9.18 Å². The first-order valence-electron chi connectivity index (χ1n) is 11.6. The van der Waals surface area contributed by atoms with Crippen LogP contribution in [-0.4, -0.2) is 76.0 Å². The minimum atomic E-state index is -5.65. The molecule has 43 heavy (non-hydrogen) atoms. The van der Waals surface area contributed by atoms with Gasteiger partial charge in [0, 0.05) is 19.7 Å². The molecule has 0 radical (unpaired) electrons. The van der Waals surface area contributed by atoms with Crippen LogP contribution in [0.15, 0.2) is 40.8 Å². The van der Waals surface area contributed by atoms with Crippen molar-refractivity contribution < 1.29 is 69.4 Å². The van der Waals surface area contributed by atoms with Crippen LogP contribution in [0.5, 0.6) is 0 Å². The minimum Gasteiger partial charge on any atom is -0.445 e. The van der Waals surface area contributed by atoms with Crippen molar-refractivity contribution in [2.45, 2.75) is 24.9 Å². The van der Waals surface area contributed by atoms with Crippen LogP contribution in [0.25, 0.3) is 0 Å². The summed E-state index contributed by atoms with van der Waals surface area (Å²) < 4.78 is 80.4. The first-order chi connectivity index (χ1) is 20.1. The molecule has 2 heterocycles. The molecule has 3 unspecified atom stereocenters. The second kappa shape index (κ2) is 16.4. The van der Waals surface area contributed by atoms with Gasteiger partial charge in [-0.25, -0.2) is 27.7 Å². The van der Waals surface area contributed by atoms with Gasteiger partial charge in [0.1, 0.15) is 24.5 Å². The maximum Gasteiger partial charge on any atom is 0.490 e. The summed E-state index contributed by atoms with van der Waals surface area (Å²) in [6.45, 7) is 2.04. The number of ether oxygens (including phenoxy) is 3. The Kier molecular flexibility index (Phi) is 13.9. The van der Waals surface area contributed by atoms with E-state index in [1.54, 1.807) is 0 Å². The summed E-state index contributed by atoms with van der Waals surface area (Å²) >= 11 is 0. The predicted molar refractivity (Wildman–Crippen MR) is 141 cm³/mol. The van der Waals surface area contributed by atoms with Crippen LogP contribution in [0, 0.1) is 11.8 Å². The van der Waals surface area contributed by atoms with Crippen LogP contribution in [0.1, 0.15) is 18.2 Å². The fraction of sp³-hybridized carbons (Fsp3) is 0.450. The van der Waals surface area contributed by atoms with E-state index in [1.165, 1.54) is 6.08 Å². The van der Waals surface area contributed by atoms with Crippen molar-refractivity contribution in [3.63, 3.8) is 0 Å². The Balaban J connectivity index is 2.15. The highest BCUT2D eigenvalue weighted by Crippen LogP contribution is 2.67. The number of carbonyl (C=O) groups is 1. The van der Waals surface area contributed by atoms with Crippen molar-refractivity contribution in [3.8, 4) is 11.8 Å². The van der Waals surface area contributed by atoms with E-state index in [0.717, 1.165) is 16.8 Å². The Morgan fingerprint density at radius 2 is 1.93 bits per heavy atom. The third-order valence-electron chi connectivity index (χ3n) is 4.88. The number of hydrogen-bond acceptors (Lipinski definition) is 13. The summed E-state index contributed by atoms with van der Waals surface area (Å²) in [5.74, 6) is 4.92. The van der Waals surface area contributed by atoms with Crippen LogP contribution in [0.3, 0.4) is 0 Å². The number of nitrogens with one attached hydrogen (secondary N) is 2. The Morgan fingerprint density at radius 3 is 2.58 bits per heavy atom. The van der Waals surface area contributed by atoms with E-state index in [1.807, 2.05) is 4.98 Å². The first-order valence-corrected chi connectivity index (χ1v) is 16.1. The summed E-state index contributed by atoms with van der Waals surface area (Å²) in [6, 6.07) is 0. The molecule has 19 nitrogen and oxygen atoms in total. The molecule has 1 aliphatic heterocycles. The van der Waals surface area contributed by atoms with E-state index >= 15 is 0 Å². The molecule has 240 valence electrons. The lowest BCUT2D eigenvalue weighted by Gasteiger charge is -2.21. The number of aromatic nitrogens is 2. The highest BCUT2D eigenvalue weighted by Gasteiger charge is 2.44. The van der Waals surface area contributed by atoms with Gasteiger partial charge in [-0.05, 0) is 6.08 Å². The van der Waals surface area contributed by atoms with E-state index in [-0.39, 0.29) is 38.1 Å². The quantitative estimate of drug-likeness (QED) is 0.0983. The lowest BCUT2D eigenvalue weighted by molar-refractivity contribution is -0.0571. The largest absolute Gasteiger partial charge is 0.490 e. The molecule has 1 aliphatic rings. The van der Waals surface area contributed by atoms with Crippen molar-refractivity contribution in [2.24, 2.45) is 0 Å². The summed E-state index contributed by atoms with van der Waals surface area (Å²) in [7, 11) is -15.5. The maximum absolute atomic E-state index is 12.5. The van der Waals surface area contributed by atoms with E-state index < -0.39 is 65.9 Å². The van der Waals surface area contributed by atoms with Gasteiger partial charge in [0.25, 0.3) is 5.56 Å². The number of rotatable bonds is 15. The zero-order valence-corrected chi connectivity index (χ0v) is 24.8. The van der Waals surface area contributed by atoms with Gasteiger partial charge in [0.05, 0.1) is 32.2 Å². The predicted octanol–water partition coefficient (Wildman–Crippen LogP) is 0.954. The normalized spacial score (nSPS) is 22.5. The van der Waals surface area contributed by atoms with Gasteiger partial charge in [-0.1, -0.05) is 17.9 Å². The van der Waals surface area contributed by atoms with Crippen molar-refractivity contribution in [2.75, 3.05) is 33.5 Å². The zero-order valence-electron chi connectivity index (χ0n) is 22.1. The molecule has 1 saturated heterocycles. The van der Waals surface area contributed by atoms with Gasteiger partial charge in [-0.3, -0.25) is 23.4 Å². The van der Waals surface area contributed by atoms with E-state index in [9.17, 15) is 42.3 Å². The number of phosphoric acid groups is 3. The molecule has 0 aliphatic carbocycles. The molecule has 6 atom stereocenters. The topological polar surface area (TPSA) is 260 Å². The smallest absolute Gasteiger partial charge is 0.445 e. The number of phosphoric ester groups is 2. The average Bonchev–Trinajstić information content (AvgIpc) is 3.31. The van der Waals surface area contributed by atoms with Crippen LogP contribution >= 0.6 is 23.5 Å². The van der Waals surface area contributed by atoms with Crippen molar-refractivity contribution in [3.05, 3.63) is 57.7 Å². The molecular formula is C20H27FN3O16P3. The number of H-pyrrole nitrogens is 1. The lowest BCUT2D eigenvalue weighted by Crippen LogP contribution is -2.34. The Morgan fingerprint density at radius 1 is 1.23 bits per heavy atom. The van der Waals surface area contributed by atoms with Crippen LogP contribution in [-0.2, 0) is 45.6 Å².